The van der Waals surface area contributed by atoms with Gasteiger partial charge in [0.2, 0.25) is 0 Å². The van der Waals surface area contributed by atoms with Crippen LogP contribution in [0.2, 0.25) is 0 Å². The van der Waals surface area contributed by atoms with Gasteiger partial charge >= 0.3 is 0 Å². The van der Waals surface area contributed by atoms with Gasteiger partial charge in [-0.1, -0.05) is 0 Å². The fraction of sp³-hybridized carbons (Fsp3) is 0. The van der Waals surface area contributed by atoms with Gasteiger partial charge in [0, 0.05) is 17.1 Å². The first-order valence-corrected chi connectivity index (χ1v) is 0. The van der Waals surface area contributed by atoms with E-state index >= 15 is 0 Å². The number of rotatable bonds is 0. The van der Waals surface area contributed by atoms with Crippen LogP contribution in [0.5, 0.6) is 0 Å². The van der Waals surface area contributed by atoms with Crippen molar-refractivity contribution in [3.8, 4) is 0 Å². The molecule has 0 aliphatic carbocycles. The molecule has 0 amide bonds. The minimum atomic E-state index is 0. The quantitative estimate of drug-likeness (QED) is 0.355. The van der Waals surface area contributed by atoms with Crippen molar-refractivity contribution in [3.63, 3.8) is 0 Å². The van der Waals surface area contributed by atoms with E-state index in [1.165, 1.54) is 0 Å². The molecule has 0 saturated carbocycles. The van der Waals surface area contributed by atoms with Crippen LogP contribution in [0.25, 0.3) is 0 Å². The van der Waals surface area contributed by atoms with E-state index in [1.54, 1.807) is 0 Å². The molecule has 0 aromatic carbocycles. The molecule has 15 N–H and O–H groups in total. The predicted octanol–water partition coefficient (Wildman–Crippen LogP) is -4.79. The fourth-order valence-corrected chi connectivity index (χ4v) is 0. The molecule has 0 heterocycles. The van der Waals surface area contributed by atoms with Crippen LogP contribution in [0, 0.1) is 0 Å². The average Bonchev–Trinajstić information content (AvgIpc) is 0. The van der Waals surface area contributed by atoms with Crippen molar-refractivity contribution in [2.45, 2.75) is 0 Å². The third-order valence-electron chi connectivity index (χ3n) is 0. The summed E-state index contributed by atoms with van der Waals surface area (Å²) in [7, 11) is 0. The molecule has 0 unspecified atom stereocenters. The second-order valence-corrected chi connectivity index (χ2v) is 0. The molecule has 8 heavy (non-hydrogen) atoms. The Morgan fingerprint density at radius 2 is 0.375 bits per heavy atom. The van der Waals surface area contributed by atoms with E-state index in [1.807, 2.05) is 0 Å². The molecule has 8 heteroatoms. The van der Waals surface area contributed by atoms with E-state index in [-0.39, 0.29) is 56.1 Å². The van der Waals surface area contributed by atoms with Gasteiger partial charge in [-0.05, 0) is 0 Å². The standard InChI is InChI=1S/Mn.H3N.6H2O/h;1H3;6*1H2. The van der Waals surface area contributed by atoms with Crippen LogP contribution in [0.3, 0.4) is 0 Å². The van der Waals surface area contributed by atoms with Crippen molar-refractivity contribution in [2.24, 2.45) is 0 Å². The van der Waals surface area contributed by atoms with Crippen molar-refractivity contribution in [1.82, 2.24) is 6.15 Å². The predicted molar refractivity (Wildman–Crippen MR) is 26.7 cm³/mol. The van der Waals surface area contributed by atoms with Crippen LogP contribution in [0.15, 0.2) is 0 Å². The molecule has 0 rings (SSSR count). The van der Waals surface area contributed by atoms with Crippen LogP contribution in [-0.4, -0.2) is 32.9 Å². The normalized spacial score (nSPS) is 0. The largest absolute Gasteiger partial charge is 0.412 e. The Labute approximate surface area is 57.0 Å². The topological polar surface area (TPSA) is 224 Å². The van der Waals surface area contributed by atoms with Gasteiger partial charge < -0.3 is 39.0 Å². The van der Waals surface area contributed by atoms with Crippen LogP contribution in [0.4, 0.5) is 0 Å². The first-order chi connectivity index (χ1) is 0. The third-order valence-corrected chi connectivity index (χ3v) is 0. The van der Waals surface area contributed by atoms with E-state index in [0.29, 0.717) is 0 Å². The van der Waals surface area contributed by atoms with Crippen molar-refractivity contribution in [3.05, 3.63) is 0 Å². The average molecular weight is 180 g/mol. The summed E-state index contributed by atoms with van der Waals surface area (Å²) in [6.07, 6.45) is 0. The van der Waals surface area contributed by atoms with Crippen LogP contribution in [0.1, 0.15) is 0 Å². The van der Waals surface area contributed by atoms with E-state index in [4.69, 9.17) is 0 Å². The summed E-state index contributed by atoms with van der Waals surface area (Å²) < 4.78 is 0. The van der Waals surface area contributed by atoms with Gasteiger partial charge in [-0.2, -0.15) is 0 Å². The molecule has 63 valence electrons. The van der Waals surface area contributed by atoms with Gasteiger partial charge in [0.05, 0.1) is 0 Å². The SMILES string of the molecule is N.O.O.O.O.O.O.[Mn]. The third kappa shape index (κ3) is 2990. The zero-order chi connectivity index (χ0) is 0. The number of hydrogen-bond donors (Lipinski definition) is 1. The van der Waals surface area contributed by atoms with Gasteiger partial charge in [-0.25, -0.2) is 0 Å². The maximum Gasteiger partial charge on any atom is 0 e. The summed E-state index contributed by atoms with van der Waals surface area (Å²) in [4.78, 5) is 0. The Morgan fingerprint density at radius 1 is 0.375 bits per heavy atom. The van der Waals surface area contributed by atoms with Crippen molar-refractivity contribution < 1.29 is 49.9 Å². The van der Waals surface area contributed by atoms with Gasteiger partial charge in [0.15, 0.2) is 0 Å². The Balaban J connectivity index is 0. The first kappa shape index (κ1) is 7530. The Morgan fingerprint density at radius 3 is 0.375 bits per heavy atom. The molecule has 0 bridgehead atoms. The van der Waals surface area contributed by atoms with E-state index in [0.717, 1.165) is 0 Å². The van der Waals surface area contributed by atoms with E-state index in [2.05, 4.69) is 0 Å². The molecule has 0 aliphatic heterocycles. The second kappa shape index (κ2) is 4910. The van der Waals surface area contributed by atoms with Gasteiger partial charge in [0.1, 0.15) is 0 Å². The number of hydrogen-bond acceptors (Lipinski definition) is 1. The van der Waals surface area contributed by atoms with E-state index in [9.17, 15) is 0 Å². The van der Waals surface area contributed by atoms with Crippen molar-refractivity contribution >= 4 is 0 Å². The molecule has 0 fully saturated rings. The summed E-state index contributed by atoms with van der Waals surface area (Å²) in [5.74, 6) is 0. The Kier molecular flexibility index (Phi) is 4630000. The Bertz CT molecular complexity index is 8.49. The smallest absolute Gasteiger partial charge is 0 e. The first-order valence-electron chi connectivity index (χ1n) is 0. The molecule has 0 aliphatic rings. The van der Waals surface area contributed by atoms with Crippen molar-refractivity contribution in [1.29, 1.82) is 0 Å². The minimum absolute atomic E-state index is 0. The van der Waals surface area contributed by atoms with Gasteiger partial charge in [-0.3, -0.25) is 0 Å². The molecule has 0 atom stereocenters. The van der Waals surface area contributed by atoms with Crippen LogP contribution >= 0.6 is 0 Å². The van der Waals surface area contributed by atoms with E-state index < -0.39 is 0 Å². The molecule has 0 saturated heterocycles. The molecular weight excluding hydrogens is 165 g/mol. The molecule has 0 aromatic rings. The van der Waals surface area contributed by atoms with Crippen LogP contribution in [-0.2, 0) is 17.1 Å². The molecule has 7 nitrogen and oxygen atoms in total. The molecule has 0 spiro atoms. The zero-order valence-electron chi connectivity index (χ0n) is 4.09. The molecular formula is H15MnNO6. The summed E-state index contributed by atoms with van der Waals surface area (Å²) in [5, 5.41) is 0. The molecule has 0 aromatic heterocycles. The van der Waals surface area contributed by atoms with Gasteiger partial charge in [-0.15, -0.1) is 0 Å². The van der Waals surface area contributed by atoms with Gasteiger partial charge in [0.25, 0.3) is 0 Å². The second-order valence-electron chi connectivity index (χ2n) is 0. The molecule has 1 radical (unpaired) electrons. The maximum atomic E-state index is 0. The maximum absolute atomic E-state index is 0. The minimum Gasteiger partial charge on any atom is -0.412 e. The Hall–Kier alpha value is 0.239. The summed E-state index contributed by atoms with van der Waals surface area (Å²) in [5.41, 5.74) is 0. The summed E-state index contributed by atoms with van der Waals surface area (Å²) in [6.45, 7) is 0. The van der Waals surface area contributed by atoms with Crippen molar-refractivity contribution in [2.75, 3.05) is 0 Å². The fourth-order valence-electron chi connectivity index (χ4n) is 0. The summed E-state index contributed by atoms with van der Waals surface area (Å²) in [6, 6.07) is 0. The summed E-state index contributed by atoms with van der Waals surface area (Å²) >= 11 is 0. The van der Waals surface area contributed by atoms with Crippen LogP contribution < -0.4 is 6.15 Å². The zero-order valence-corrected chi connectivity index (χ0v) is 5.27. The monoisotopic (exact) mass is 180 g/mol.